The molecule has 0 fully saturated rings. The van der Waals surface area contributed by atoms with E-state index in [0.717, 1.165) is 0 Å². The van der Waals surface area contributed by atoms with Crippen molar-refractivity contribution in [3.63, 3.8) is 0 Å². The summed E-state index contributed by atoms with van der Waals surface area (Å²) in [5.74, 6) is -0.655. The van der Waals surface area contributed by atoms with Gasteiger partial charge in [0.2, 0.25) is 0 Å². The minimum Gasteiger partial charge on any atom is -0.507 e. The number of aromatic amines is 1. The lowest BCUT2D eigenvalue weighted by Crippen LogP contribution is -2.07. The van der Waals surface area contributed by atoms with E-state index in [1.54, 1.807) is 6.92 Å². The third-order valence-corrected chi connectivity index (χ3v) is 4.83. The van der Waals surface area contributed by atoms with Gasteiger partial charge in [-0.05, 0) is 35.0 Å². The van der Waals surface area contributed by atoms with Crippen LogP contribution in [0.15, 0.2) is 22.0 Å². The van der Waals surface area contributed by atoms with Gasteiger partial charge in [-0.2, -0.15) is 18.3 Å². The fraction of sp³-hybridized carbons (Fsp3) is 0.143. The molecule has 0 saturated carbocycles. The molecule has 24 heavy (non-hydrogen) atoms. The van der Waals surface area contributed by atoms with Crippen LogP contribution in [-0.4, -0.2) is 25.4 Å². The summed E-state index contributed by atoms with van der Waals surface area (Å²) in [4.78, 5) is 4.10. The monoisotopic (exact) mass is 419 g/mol. The van der Waals surface area contributed by atoms with Crippen molar-refractivity contribution in [3.8, 4) is 34.0 Å². The molecular weight excluding hydrogens is 411 g/mol. The van der Waals surface area contributed by atoms with Crippen LogP contribution in [0.4, 0.5) is 13.2 Å². The molecule has 2 aromatic heterocycles. The number of halogens is 4. The molecular formula is C14H9BrF3N3O2S. The Hall–Kier alpha value is -2.07. The van der Waals surface area contributed by atoms with Crippen molar-refractivity contribution in [3.05, 3.63) is 32.7 Å². The summed E-state index contributed by atoms with van der Waals surface area (Å²) in [7, 11) is 0. The number of hydrogen-bond acceptors (Lipinski definition) is 5. The van der Waals surface area contributed by atoms with E-state index in [0.29, 0.717) is 5.01 Å². The van der Waals surface area contributed by atoms with Crippen LogP contribution in [0.5, 0.6) is 11.5 Å². The lowest BCUT2D eigenvalue weighted by molar-refractivity contribution is -0.140. The lowest BCUT2D eigenvalue weighted by atomic mass is 10.0. The third kappa shape index (κ3) is 2.75. The number of nitrogens with one attached hydrogen (secondary N) is 1. The number of rotatable bonds is 2. The number of thiazole rings is 1. The largest absolute Gasteiger partial charge is 0.507 e. The van der Waals surface area contributed by atoms with Crippen molar-refractivity contribution >= 4 is 27.3 Å². The molecule has 3 aromatic rings. The average Bonchev–Trinajstić information content (AvgIpc) is 3.10. The summed E-state index contributed by atoms with van der Waals surface area (Å²) in [6.45, 7) is 1.68. The molecule has 0 spiro atoms. The molecule has 5 nitrogen and oxygen atoms in total. The number of phenols is 2. The maximum absolute atomic E-state index is 13.3. The number of benzene rings is 1. The van der Waals surface area contributed by atoms with Gasteiger partial charge >= 0.3 is 6.18 Å². The summed E-state index contributed by atoms with van der Waals surface area (Å²) < 4.78 is 39.9. The summed E-state index contributed by atoms with van der Waals surface area (Å²) in [6.07, 6.45) is -4.66. The highest BCUT2D eigenvalue weighted by molar-refractivity contribution is 9.10. The van der Waals surface area contributed by atoms with Gasteiger partial charge in [0.15, 0.2) is 0 Å². The van der Waals surface area contributed by atoms with E-state index in [1.807, 2.05) is 5.10 Å². The van der Waals surface area contributed by atoms with Crippen LogP contribution in [0.1, 0.15) is 10.7 Å². The highest BCUT2D eigenvalue weighted by atomic mass is 79.9. The molecule has 0 bridgehead atoms. The molecule has 3 rings (SSSR count). The van der Waals surface area contributed by atoms with Crippen LogP contribution in [0.25, 0.3) is 22.5 Å². The Kier molecular flexibility index (Phi) is 4.04. The molecule has 0 aliphatic heterocycles. The highest BCUT2D eigenvalue weighted by Gasteiger charge is 2.39. The Balaban J connectivity index is 2.31. The van der Waals surface area contributed by atoms with Gasteiger partial charge in [0.05, 0.1) is 16.3 Å². The molecule has 0 unspecified atom stereocenters. The molecule has 0 saturated heterocycles. The number of hydrogen-bond donors (Lipinski definition) is 3. The quantitative estimate of drug-likeness (QED) is 0.562. The predicted octanol–water partition coefficient (Wildman–Crippen LogP) is 4.70. The standard InChI is InChI=1S/C14H9BrF3N3O2S/c1-5-19-7(4-24-5)9-11(20-21-13(9)14(16,17)18)6-2-3-8(22)10(15)12(6)23/h2-4,22-23H,1H3,(H,20,21). The van der Waals surface area contributed by atoms with Crippen molar-refractivity contribution in [2.24, 2.45) is 0 Å². The SMILES string of the molecule is Cc1nc(-c2c(-c3ccc(O)c(Br)c3O)n[nH]c2C(F)(F)F)cs1. The van der Waals surface area contributed by atoms with E-state index < -0.39 is 17.6 Å². The first-order valence-electron chi connectivity index (χ1n) is 6.49. The first kappa shape index (κ1) is 16.8. The maximum Gasteiger partial charge on any atom is 0.433 e. The molecule has 2 heterocycles. The summed E-state index contributed by atoms with van der Waals surface area (Å²) in [5, 5.41) is 27.5. The fourth-order valence-electron chi connectivity index (χ4n) is 2.21. The minimum atomic E-state index is -4.66. The Morgan fingerprint density at radius 1 is 1.25 bits per heavy atom. The van der Waals surface area contributed by atoms with Crippen LogP contribution >= 0.6 is 27.3 Å². The Morgan fingerprint density at radius 2 is 1.96 bits per heavy atom. The van der Waals surface area contributed by atoms with Gasteiger partial charge in [0.1, 0.15) is 27.4 Å². The zero-order valence-corrected chi connectivity index (χ0v) is 14.3. The van der Waals surface area contributed by atoms with Crippen molar-refractivity contribution in [1.29, 1.82) is 0 Å². The molecule has 0 radical (unpaired) electrons. The summed E-state index contributed by atoms with van der Waals surface area (Å²) in [5.41, 5.74) is -1.26. The van der Waals surface area contributed by atoms with E-state index in [-0.39, 0.29) is 32.7 Å². The van der Waals surface area contributed by atoms with Gasteiger partial charge in [0.25, 0.3) is 0 Å². The normalized spacial score (nSPS) is 11.9. The first-order chi connectivity index (χ1) is 11.2. The number of aryl methyl sites for hydroxylation is 1. The van der Waals surface area contributed by atoms with Gasteiger partial charge in [-0.15, -0.1) is 11.3 Å². The molecule has 1 aromatic carbocycles. The molecule has 0 aliphatic carbocycles. The second-order valence-electron chi connectivity index (χ2n) is 4.87. The summed E-state index contributed by atoms with van der Waals surface area (Å²) in [6, 6.07) is 2.53. The number of aromatic hydroxyl groups is 2. The summed E-state index contributed by atoms with van der Waals surface area (Å²) >= 11 is 4.19. The van der Waals surface area contributed by atoms with Crippen molar-refractivity contribution in [2.45, 2.75) is 13.1 Å². The second-order valence-corrected chi connectivity index (χ2v) is 6.72. The van der Waals surface area contributed by atoms with Crippen LogP contribution in [0, 0.1) is 6.92 Å². The minimum absolute atomic E-state index is 0.0306. The van der Waals surface area contributed by atoms with E-state index in [2.05, 4.69) is 26.0 Å². The predicted molar refractivity (Wildman–Crippen MR) is 85.9 cm³/mol. The highest BCUT2D eigenvalue weighted by Crippen LogP contribution is 2.46. The van der Waals surface area contributed by atoms with E-state index in [9.17, 15) is 23.4 Å². The Morgan fingerprint density at radius 3 is 2.54 bits per heavy atom. The zero-order chi connectivity index (χ0) is 17.6. The van der Waals surface area contributed by atoms with Gasteiger partial charge in [-0.1, -0.05) is 0 Å². The third-order valence-electron chi connectivity index (χ3n) is 3.28. The van der Waals surface area contributed by atoms with Crippen molar-refractivity contribution in [1.82, 2.24) is 15.2 Å². The number of H-pyrrole nitrogens is 1. The zero-order valence-electron chi connectivity index (χ0n) is 11.9. The first-order valence-corrected chi connectivity index (χ1v) is 8.16. The van der Waals surface area contributed by atoms with Crippen LogP contribution in [-0.2, 0) is 6.18 Å². The van der Waals surface area contributed by atoms with Gasteiger partial charge in [-0.25, -0.2) is 4.98 Å². The van der Waals surface area contributed by atoms with Gasteiger partial charge in [-0.3, -0.25) is 5.10 Å². The van der Waals surface area contributed by atoms with Crippen LogP contribution < -0.4 is 0 Å². The van der Waals surface area contributed by atoms with Gasteiger partial charge in [0, 0.05) is 10.9 Å². The fourth-order valence-corrected chi connectivity index (χ4v) is 3.16. The number of alkyl halides is 3. The van der Waals surface area contributed by atoms with E-state index >= 15 is 0 Å². The lowest BCUT2D eigenvalue weighted by Gasteiger charge is -2.09. The van der Waals surface area contributed by atoms with Gasteiger partial charge < -0.3 is 10.2 Å². The maximum atomic E-state index is 13.3. The van der Waals surface area contributed by atoms with Crippen LogP contribution in [0.2, 0.25) is 0 Å². The smallest absolute Gasteiger partial charge is 0.433 e. The van der Waals surface area contributed by atoms with Crippen LogP contribution in [0.3, 0.4) is 0 Å². The van der Waals surface area contributed by atoms with E-state index in [4.69, 9.17) is 0 Å². The molecule has 10 heteroatoms. The number of nitrogens with zero attached hydrogens (tertiary/aromatic N) is 2. The average molecular weight is 420 g/mol. The van der Waals surface area contributed by atoms with Crippen molar-refractivity contribution in [2.75, 3.05) is 0 Å². The molecule has 0 atom stereocenters. The van der Waals surface area contributed by atoms with Crippen molar-refractivity contribution < 1.29 is 23.4 Å². The Bertz CT molecular complexity index is 921. The molecule has 0 amide bonds. The molecule has 126 valence electrons. The molecule has 0 aliphatic rings. The topological polar surface area (TPSA) is 82.0 Å². The number of phenolic OH excluding ortho intramolecular Hbond substituents is 2. The Labute approximate surface area is 145 Å². The van der Waals surface area contributed by atoms with E-state index in [1.165, 1.54) is 28.8 Å². The number of aromatic nitrogens is 3. The second kappa shape index (κ2) is 5.78. The molecule has 3 N–H and O–H groups in total.